The van der Waals surface area contributed by atoms with Gasteiger partial charge in [0.1, 0.15) is 16.9 Å². The Morgan fingerprint density at radius 2 is 1.82 bits per heavy atom. The number of carboxylic acid groups (broad SMARTS) is 1. The van der Waals surface area contributed by atoms with Crippen LogP contribution in [0.2, 0.25) is 0 Å². The van der Waals surface area contributed by atoms with Crippen molar-refractivity contribution in [2.24, 2.45) is 4.99 Å². The van der Waals surface area contributed by atoms with Gasteiger partial charge in [0.05, 0.1) is 12.1 Å². The predicted octanol–water partition coefficient (Wildman–Crippen LogP) is 5.67. The normalized spacial score (nSPS) is 14.7. The lowest BCUT2D eigenvalue weighted by atomic mass is 9.99. The predicted molar refractivity (Wildman–Crippen MR) is 135 cm³/mol. The summed E-state index contributed by atoms with van der Waals surface area (Å²) in [5, 5.41) is 22.6. The number of aryl methyl sites for hydroxylation is 3. The molecule has 1 aliphatic rings. The highest BCUT2D eigenvalue weighted by Crippen LogP contribution is 2.39. The maximum atomic E-state index is 11.7. The third-order valence-corrected chi connectivity index (χ3v) is 7.26. The first-order valence-corrected chi connectivity index (χ1v) is 11.9. The molecule has 2 N–H and O–H groups in total. The summed E-state index contributed by atoms with van der Waals surface area (Å²) in [4.78, 5) is 17.8. The fourth-order valence-electron chi connectivity index (χ4n) is 4.29. The zero-order valence-electron chi connectivity index (χ0n) is 19.5. The number of nitrogens with one attached hydrogen (secondary N) is 1. The van der Waals surface area contributed by atoms with Gasteiger partial charge in [-0.3, -0.25) is 14.4 Å². The molecule has 0 saturated carbocycles. The summed E-state index contributed by atoms with van der Waals surface area (Å²) in [5.74, 6) is 0.369. The Morgan fingerprint density at radius 3 is 2.53 bits per heavy atom. The van der Waals surface area contributed by atoms with Crippen molar-refractivity contribution >= 4 is 34.4 Å². The first-order valence-electron chi connectivity index (χ1n) is 11.1. The second kappa shape index (κ2) is 8.53. The molecule has 0 amide bonds. The standard InChI is InChI=1S/C26H25N5O2S/c1-14-6-5-7-20(12-14)27-19-10-8-18(9-11-19)24-23-15(2)16(3)34-26(23)31-17(4)29-30-25(31)21(28-24)13-22(32)33/h5-12,21,27H,13H2,1-4H3,(H,32,33)/t21-/m0/s1. The van der Waals surface area contributed by atoms with Crippen LogP contribution in [-0.4, -0.2) is 31.6 Å². The molecular formula is C26H25N5O2S. The van der Waals surface area contributed by atoms with Gasteiger partial charge in [0, 0.05) is 27.4 Å². The molecule has 5 rings (SSSR count). The zero-order chi connectivity index (χ0) is 24.0. The Balaban J connectivity index is 1.61. The topological polar surface area (TPSA) is 92.4 Å². The van der Waals surface area contributed by atoms with Gasteiger partial charge >= 0.3 is 5.97 Å². The second-order valence-corrected chi connectivity index (χ2v) is 9.77. The second-order valence-electron chi connectivity index (χ2n) is 8.57. The summed E-state index contributed by atoms with van der Waals surface area (Å²) >= 11 is 1.66. The number of nitrogens with zero attached hydrogens (tertiary/aromatic N) is 4. The number of anilines is 2. The molecule has 2 aromatic heterocycles. The molecule has 0 unspecified atom stereocenters. The Kier molecular flexibility index (Phi) is 5.53. The van der Waals surface area contributed by atoms with Gasteiger partial charge in [-0.2, -0.15) is 0 Å². The average Bonchev–Trinajstić information content (AvgIpc) is 3.26. The highest BCUT2D eigenvalue weighted by Gasteiger charge is 2.32. The van der Waals surface area contributed by atoms with E-state index in [4.69, 9.17) is 4.99 Å². The van der Waals surface area contributed by atoms with E-state index in [1.54, 1.807) is 11.3 Å². The largest absolute Gasteiger partial charge is 0.481 e. The minimum Gasteiger partial charge on any atom is -0.481 e. The number of rotatable bonds is 5. The van der Waals surface area contributed by atoms with Crippen molar-refractivity contribution in [2.45, 2.75) is 40.2 Å². The van der Waals surface area contributed by atoms with E-state index in [-0.39, 0.29) is 6.42 Å². The third-order valence-electron chi connectivity index (χ3n) is 6.07. The van der Waals surface area contributed by atoms with Crippen LogP contribution < -0.4 is 5.32 Å². The number of carbonyl (C=O) groups is 1. The van der Waals surface area contributed by atoms with E-state index in [1.807, 2.05) is 47.9 Å². The summed E-state index contributed by atoms with van der Waals surface area (Å²) < 4.78 is 1.97. The molecular weight excluding hydrogens is 446 g/mol. The van der Waals surface area contributed by atoms with E-state index < -0.39 is 12.0 Å². The number of benzene rings is 2. The van der Waals surface area contributed by atoms with Crippen molar-refractivity contribution in [3.05, 3.63) is 87.3 Å². The van der Waals surface area contributed by atoms with Crippen molar-refractivity contribution in [1.82, 2.24) is 14.8 Å². The van der Waals surface area contributed by atoms with E-state index in [2.05, 4.69) is 48.4 Å². The number of aromatic nitrogens is 3. The van der Waals surface area contributed by atoms with Gasteiger partial charge in [-0.05, 0) is 63.1 Å². The summed E-state index contributed by atoms with van der Waals surface area (Å²) in [6.45, 7) is 8.13. The van der Waals surface area contributed by atoms with Gasteiger partial charge < -0.3 is 10.4 Å². The molecule has 172 valence electrons. The van der Waals surface area contributed by atoms with E-state index in [0.717, 1.165) is 44.6 Å². The van der Waals surface area contributed by atoms with Crippen molar-refractivity contribution < 1.29 is 9.90 Å². The maximum absolute atomic E-state index is 11.7. The number of hydrogen-bond acceptors (Lipinski definition) is 6. The Bertz CT molecular complexity index is 1430. The van der Waals surface area contributed by atoms with Gasteiger partial charge in [-0.25, -0.2) is 0 Å². The first kappa shape index (κ1) is 22.0. The van der Waals surface area contributed by atoms with E-state index in [9.17, 15) is 9.90 Å². The Hall–Kier alpha value is -3.78. The SMILES string of the molecule is Cc1cccc(Nc2ccc(C3=N[C@@H](CC(=O)O)c4nnc(C)n4-c4sc(C)c(C)c43)cc2)c1. The van der Waals surface area contributed by atoms with Gasteiger partial charge in [-0.1, -0.05) is 24.3 Å². The smallest absolute Gasteiger partial charge is 0.306 e. The van der Waals surface area contributed by atoms with Crippen LogP contribution in [0.5, 0.6) is 0 Å². The van der Waals surface area contributed by atoms with E-state index >= 15 is 0 Å². The number of thiophene rings is 1. The van der Waals surface area contributed by atoms with Crippen molar-refractivity contribution in [3.63, 3.8) is 0 Å². The van der Waals surface area contributed by atoms with Crippen molar-refractivity contribution in [1.29, 1.82) is 0 Å². The van der Waals surface area contributed by atoms with Crippen LogP contribution in [0.15, 0.2) is 53.5 Å². The van der Waals surface area contributed by atoms with Crippen LogP contribution in [0.4, 0.5) is 11.4 Å². The quantitative estimate of drug-likeness (QED) is 0.391. The fourth-order valence-corrected chi connectivity index (χ4v) is 5.51. The van der Waals surface area contributed by atoms with Gasteiger partial charge in [-0.15, -0.1) is 21.5 Å². The van der Waals surface area contributed by atoms with E-state index in [1.165, 1.54) is 10.4 Å². The zero-order valence-corrected chi connectivity index (χ0v) is 20.3. The number of aliphatic carboxylic acids is 1. The lowest BCUT2D eigenvalue weighted by molar-refractivity contribution is -0.137. The highest BCUT2D eigenvalue weighted by molar-refractivity contribution is 7.15. The van der Waals surface area contributed by atoms with Crippen LogP contribution in [-0.2, 0) is 4.79 Å². The lowest BCUT2D eigenvalue weighted by Crippen LogP contribution is -2.10. The summed E-state index contributed by atoms with van der Waals surface area (Å²) in [7, 11) is 0. The summed E-state index contributed by atoms with van der Waals surface area (Å²) in [6, 6.07) is 15.7. The molecule has 4 aromatic rings. The van der Waals surface area contributed by atoms with Gasteiger partial charge in [0.25, 0.3) is 0 Å². The number of aliphatic imine (C=N–C) groups is 1. The molecule has 0 fully saturated rings. The summed E-state index contributed by atoms with van der Waals surface area (Å²) in [5.41, 5.74) is 7.06. The molecule has 7 nitrogen and oxygen atoms in total. The van der Waals surface area contributed by atoms with Gasteiger partial charge in [0.15, 0.2) is 5.82 Å². The summed E-state index contributed by atoms with van der Waals surface area (Å²) in [6.07, 6.45) is -0.151. The minimum atomic E-state index is -0.920. The van der Waals surface area contributed by atoms with Crippen molar-refractivity contribution in [2.75, 3.05) is 5.32 Å². The highest BCUT2D eigenvalue weighted by atomic mass is 32.1. The molecule has 2 aromatic carbocycles. The first-order chi connectivity index (χ1) is 16.3. The van der Waals surface area contributed by atoms with Crippen LogP contribution in [0, 0.1) is 27.7 Å². The molecule has 0 aliphatic carbocycles. The lowest BCUT2D eigenvalue weighted by Gasteiger charge is -2.12. The maximum Gasteiger partial charge on any atom is 0.306 e. The average molecular weight is 472 g/mol. The van der Waals surface area contributed by atoms with Crippen LogP contribution in [0.1, 0.15) is 51.2 Å². The fraction of sp³-hybridized carbons (Fsp3) is 0.231. The molecule has 34 heavy (non-hydrogen) atoms. The molecule has 1 aliphatic heterocycles. The monoisotopic (exact) mass is 471 g/mol. The molecule has 8 heteroatoms. The molecule has 0 radical (unpaired) electrons. The Labute approximate surface area is 201 Å². The van der Waals surface area contributed by atoms with Gasteiger partial charge in [0.2, 0.25) is 0 Å². The number of fused-ring (bicyclic) bond motifs is 3. The number of carboxylic acids is 1. The molecule has 0 saturated heterocycles. The Morgan fingerprint density at radius 1 is 1.06 bits per heavy atom. The van der Waals surface area contributed by atoms with E-state index in [0.29, 0.717) is 5.82 Å². The van der Waals surface area contributed by atoms with Crippen molar-refractivity contribution in [3.8, 4) is 5.00 Å². The molecule has 3 heterocycles. The van der Waals surface area contributed by atoms with Crippen LogP contribution >= 0.6 is 11.3 Å². The molecule has 1 atom stereocenters. The van der Waals surface area contributed by atoms with Crippen LogP contribution in [0.25, 0.3) is 5.00 Å². The third kappa shape index (κ3) is 3.90. The molecule has 0 spiro atoms. The number of hydrogen-bond donors (Lipinski definition) is 2. The minimum absolute atomic E-state index is 0.151. The molecule has 0 bridgehead atoms. The van der Waals surface area contributed by atoms with Crippen LogP contribution in [0.3, 0.4) is 0 Å².